The Bertz CT molecular complexity index is 922. The minimum atomic E-state index is -0.998. The maximum atomic E-state index is 11.6. The summed E-state index contributed by atoms with van der Waals surface area (Å²) >= 11 is 0. The van der Waals surface area contributed by atoms with E-state index in [0.717, 1.165) is 12.3 Å². The lowest BCUT2D eigenvalue weighted by Gasteiger charge is -2.03. The molecule has 0 fully saturated rings. The normalized spacial score (nSPS) is 10.5. The predicted molar refractivity (Wildman–Crippen MR) is 88.2 cm³/mol. The zero-order valence-corrected chi connectivity index (χ0v) is 13.3. The highest BCUT2D eigenvalue weighted by molar-refractivity contribution is 5.94. The van der Waals surface area contributed by atoms with Crippen LogP contribution >= 0.6 is 0 Å². The van der Waals surface area contributed by atoms with Gasteiger partial charge in [0.25, 0.3) is 17.5 Å². The van der Waals surface area contributed by atoms with Gasteiger partial charge in [0.1, 0.15) is 0 Å². The number of nitrogens with one attached hydrogen (secondary N) is 2. The molecule has 0 aliphatic rings. The Balaban J connectivity index is 2.02. The van der Waals surface area contributed by atoms with Crippen molar-refractivity contribution in [1.82, 2.24) is 10.7 Å². The van der Waals surface area contributed by atoms with Gasteiger partial charge in [-0.25, -0.2) is 5.43 Å². The summed E-state index contributed by atoms with van der Waals surface area (Å²) in [5, 5.41) is 37.1. The monoisotopic (exact) mass is 377 g/mol. The van der Waals surface area contributed by atoms with Crippen LogP contribution in [0.25, 0.3) is 0 Å². The molecule has 0 saturated carbocycles. The van der Waals surface area contributed by atoms with Crippen molar-refractivity contribution in [3.05, 3.63) is 62.1 Å². The molecule has 13 heteroatoms. The van der Waals surface area contributed by atoms with Crippen LogP contribution in [-0.2, 0) is 4.79 Å². The Labute approximate surface area is 149 Å². The number of nitrogens with zero attached hydrogens (tertiary/aromatic N) is 3. The molecular formula is C14H11N5O8. The number of nitro groups is 2. The number of carbonyl (C=O) groups excluding carboxylic acids is 2. The second-order valence-electron chi connectivity index (χ2n) is 4.87. The van der Waals surface area contributed by atoms with E-state index in [1.54, 1.807) is 0 Å². The molecule has 0 unspecified atom stereocenters. The Kier molecular flexibility index (Phi) is 5.78. The van der Waals surface area contributed by atoms with Crippen molar-refractivity contribution in [3.8, 4) is 5.75 Å². The Morgan fingerprint density at radius 3 is 2.59 bits per heavy atom. The lowest BCUT2D eigenvalue weighted by molar-refractivity contribution is -0.394. The van der Waals surface area contributed by atoms with E-state index >= 15 is 0 Å². The molecule has 0 radical (unpaired) electrons. The first-order chi connectivity index (χ1) is 12.8. The highest BCUT2D eigenvalue weighted by atomic mass is 16.6. The molecule has 27 heavy (non-hydrogen) atoms. The van der Waals surface area contributed by atoms with Crippen LogP contribution in [-0.4, -0.2) is 39.5 Å². The number of carbonyl (C=O) groups is 2. The van der Waals surface area contributed by atoms with Gasteiger partial charge in [0.15, 0.2) is 5.76 Å². The summed E-state index contributed by atoms with van der Waals surface area (Å²) in [5.74, 6) is -2.24. The van der Waals surface area contributed by atoms with Crippen molar-refractivity contribution in [1.29, 1.82) is 0 Å². The molecule has 0 atom stereocenters. The molecule has 2 amide bonds. The average Bonchev–Trinajstić information content (AvgIpc) is 3.15. The molecule has 2 aromatic rings. The first kappa shape index (κ1) is 19.0. The van der Waals surface area contributed by atoms with E-state index in [9.17, 15) is 34.9 Å². The Hall–Kier alpha value is -4.29. The summed E-state index contributed by atoms with van der Waals surface area (Å²) < 4.78 is 4.83. The largest absolute Gasteiger partial charge is 0.502 e. The van der Waals surface area contributed by atoms with Crippen LogP contribution < -0.4 is 10.7 Å². The highest BCUT2D eigenvalue weighted by Gasteiger charge is 2.23. The van der Waals surface area contributed by atoms with Gasteiger partial charge in [-0.3, -0.25) is 29.8 Å². The standard InChI is InChI=1S/C14H11N5O8/c20-12(7-15-14(22)11-2-1-3-27-11)17-16-6-8-4-9(18(23)24)5-10(13(8)21)19(25)26/h1-6,21H,7H2,(H,15,22)(H,17,20)/b16-6+. The fraction of sp³-hybridized carbons (Fsp3) is 0.0714. The van der Waals surface area contributed by atoms with E-state index in [4.69, 9.17) is 4.42 Å². The van der Waals surface area contributed by atoms with Gasteiger partial charge >= 0.3 is 5.69 Å². The quantitative estimate of drug-likeness (QED) is 0.356. The number of rotatable bonds is 7. The Morgan fingerprint density at radius 1 is 1.26 bits per heavy atom. The number of hydrogen-bond acceptors (Lipinski definition) is 9. The van der Waals surface area contributed by atoms with Gasteiger partial charge in [-0.05, 0) is 12.1 Å². The number of furan rings is 1. The summed E-state index contributed by atoms with van der Waals surface area (Å²) in [4.78, 5) is 42.9. The minimum Gasteiger partial charge on any atom is -0.502 e. The van der Waals surface area contributed by atoms with Crippen LogP contribution in [0.3, 0.4) is 0 Å². The van der Waals surface area contributed by atoms with E-state index in [-0.39, 0.29) is 11.3 Å². The van der Waals surface area contributed by atoms with E-state index < -0.39 is 45.3 Å². The second-order valence-corrected chi connectivity index (χ2v) is 4.87. The van der Waals surface area contributed by atoms with Crippen molar-refractivity contribution in [2.45, 2.75) is 0 Å². The molecule has 0 bridgehead atoms. The van der Waals surface area contributed by atoms with Gasteiger partial charge in [0.05, 0.1) is 40.5 Å². The summed E-state index contributed by atoms with van der Waals surface area (Å²) in [6.45, 7) is -0.460. The number of hydrazone groups is 1. The summed E-state index contributed by atoms with van der Waals surface area (Å²) in [7, 11) is 0. The third kappa shape index (κ3) is 4.85. The molecular weight excluding hydrogens is 366 g/mol. The molecule has 0 spiro atoms. The minimum absolute atomic E-state index is 0.000119. The third-order valence-electron chi connectivity index (χ3n) is 3.06. The lowest BCUT2D eigenvalue weighted by atomic mass is 10.1. The maximum absolute atomic E-state index is 11.6. The van der Waals surface area contributed by atoms with Crippen LogP contribution in [0.4, 0.5) is 11.4 Å². The molecule has 140 valence electrons. The fourth-order valence-electron chi connectivity index (χ4n) is 1.84. The van der Waals surface area contributed by atoms with Crippen LogP contribution in [0.2, 0.25) is 0 Å². The number of phenols is 1. The van der Waals surface area contributed by atoms with Gasteiger partial charge in [-0.15, -0.1) is 0 Å². The molecule has 0 aliphatic carbocycles. The van der Waals surface area contributed by atoms with Gasteiger partial charge in [0.2, 0.25) is 5.75 Å². The van der Waals surface area contributed by atoms with Crippen molar-refractivity contribution in [3.63, 3.8) is 0 Å². The first-order valence-electron chi connectivity index (χ1n) is 7.09. The average molecular weight is 377 g/mol. The van der Waals surface area contributed by atoms with Crippen molar-refractivity contribution >= 4 is 29.4 Å². The molecule has 13 nitrogen and oxygen atoms in total. The topological polar surface area (TPSA) is 190 Å². The summed E-state index contributed by atoms with van der Waals surface area (Å²) in [6, 6.07) is 4.32. The summed E-state index contributed by atoms with van der Waals surface area (Å²) in [6.07, 6.45) is 2.07. The van der Waals surface area contributed by atoms with Crippen molar-refractivity contribution < 1.29 is 29.0 Å². The number of phenolic OH excluding ortho intramolecular Hbond substituents is 1. The van der Waals surface area contributed by atoms with Crippen molar-refractivity contribution in [2.75, 3.05) is 6.54 Å². The fourth-order valence-corrected chi connectivity index (χ4v) is 1.84. The van der Waals surface area contributed by atoms with Gasteiger partial charge < -0.3 is 14.8 Å². The number of amides is 2. The van der Waals surface area contributed by atoms with Crippen LogP contribution in [0.15, 0.2) is 40.0 Å². The molecule has 0 aliphatic heterocycles. The van der Waals surface area contributed by atoms with Crippen LogP contribution in [0, 0.1) is 20.2 Å². The third-order valence-corrected chi connectivity index (χ3v) is 3.06. The first-order valence-corrected chi connectivity index (χ1v) is 7.09. The van der Waals surface area contributed by atoms with E-state index in [1.807, 2.05) is 5.43 Å². The molecule has 1 aromatic heterocycles. The Morgan fingerprint density at radius 2 is 2.00 bits per heavy atom. The van der Waals surface area contributed by atoms with E-state index in [1.165, 1.54) is 18.4 Å². The zero-order valence-electron chi connectivity index (χ0n) is 13.3. The number of non-ortho nitro benzene ring substituents is 1. The van der Waals surface area contributed by atoms with E-state index in [0.29, 0.717) is 6.07 Å². The maximum Gasteiger partial charge on any atom is 0.318 e. The number of aromatic hydroxyl groups is 1. The summed E-state index contributed by atoms with van der Waals surface area (Å²) in [5.41, 5.74) is 0.113. The predicted octanol–water partition coefficient (Wildman–Crippen LogP) is 0.682. The van der Waals surface area contributed by atoms with Gasteiger partial charge in [0, 0.05) is 6.07 Å². The second kappa shape index (κ2) is 8.19. The highest BCUT2D eigenvalue weighted by Crippen LogP contribution is 2.33. The van der Waals surface area contributed by atoms with E-state index in [2.05, 4.69) is 10.4 Å². The van der Waals surface area contributed by atoms with Gasteiger partial charge in [-0.2, -0.15) is 5.10 Å². The molecule has 0 saturated heterocycles. The lowest BCUT2D eigenvalue weighted by Crippen LogP contribution is -2.34. The van der Waals surface area contributed by atoms with Crippen LogP contribution in [0.1, 0.15) is 16.1 Å². The number of benzene rings is 1. The van der Waals surface area contributed by atoms with Crippen LogP contribution in [0.5, 0.6) is 5.75 Å². The molecule has 1 heterocycles. The molecule has 2 rings (SSSR count). The molecule has 1 aromatic carbocycles. The number of hydrogen-bond donors (Lipinski definition) is 3. The smallest absolute Gasteiger partial charge is 0.318 e. The zero-order chi connectivity index (χ0) is 20.0. The van der Waals surface area contributed by atoms with Gasteiger partial charge in [-0.1, -0.05) is 0 Å². The SMILES string of the molecule is O=C(CNC(=O)c1ccco1)N/N=C/c1cc([N+](=O)[O-])cc([N+](=O)[O-])c1O. The van der Waals surface area contributed by atoms with Crippen molar-refractivity contribution in [2.24, 2.45) is 5.10 Å². The molecule has 3 N–H and O–H groups in total. The number of nitro benzene ring substituents is 2.